The Kier molecular flexibility index (Phi) is 6.85. The molecule has 2 N–H and O–H groups in total. The fourth-order valence-electron chi connectivity index (χ4n) is 2.48. The van der Waals surface area contributed by atoms with E-state index < -0.39 is 17.6 Å². The summed E-state index contributed by atoms with van der Waals surface area (Å²) in [5, 5.41) is 6.01. The van der Waals surface area contributed by atoms with Crippen LogP contribution in [0.4, 0.5) is 18.9 Å². The summed E-state index contributed by atoms with van der Waals surface area (Å²) < 4.78 is 38.5. The zero-order chi connectivity index (χ0) is 20.9. The van der Waals surface area contributed by atoms with Gasteiger partial charge in [0, 0.05) is 17.3 Å². The number of hydrogen-bond donors (Lipinski definition) is 2. The molecule has 2 aromatic carbocycles. The molecule has 1 amide bonds. The summed E-state index contributed by atoms with van der Waals surface area (Å²) in [5.41, 5.74) is 0.327. The van der Waals surface area contributed by atoms with Gasteiger partial charge in [0.1, 0.15) is 11.0 Å². The maximum atomic E-state index is 12.8. The Bertz CT molecular complexity index is 906. The summed E-state index contributed by atoms with van der Waals surface area (Å²) >= 11 is 5.71. The molecule has 0 saturated heterocycles. The molecule has 28 heavy (non-hydrogen) atoms. The molecule has 0 saturated carbocycles. The van der Waals surface area contributed by atoms with Crippen LogP contribution in [-0.4, -0.2) is 11.1 Å². The molecule has 8 heteroatoms. The second-order valence-corrected chi connectivity index (χ2v) is 6.63. The van der Waals surface area contributed by atoms with Gasteiger partial charge in [0.05, 0.1) is 5.56 Å². The van der Waals surface area contributed by atoms with Crippen LogP contribution in [0.1, 0.15) is 41.4 Å². The van der Waals surface area contributed by atoms with Crippen LogP contribution in [0.25, 0.3) is 0 Å². The molecule has 0 aromatic heterocycles. The molecule has 1 atom stereocenters. The van der Waals surface area contributed by atoms with Crippen LogP contribution in [0.3, 0.4) is 0 Å². The monoisotopic (exact) mass is 409 g/mol. The third-order valence-corrected chi connectivity index (χ3v) is 3.85. The zero-order valence-electron chi connectivity index (χ0n) is 15.3. The molecule has 0 radical (unpaired) electrons. The van der Waals surface area contributed by atoms with E-state index in [0.717, 1.165) is 17.7 Å². The molecule has 0 spiro atoms. The number of alkyl halides is 3. The van der Waals surface area contributed by atoms with Gasteiger partial charge in [-0.15, -0.1) is 0 Å². The summed E-state index contributed by atoms with van der Waals surface area (Å²) in [5.74, 6) is -0.242. The second kappa shape index (κ2) is 8.93. The number of anilines is 1. The highest BCUT2D eigenvalue weighted by Crippen LogP contribution is 2.29. The van der Waals surface area contributed by atoms with Crippen molar-refractivity contribution in [1.29, 1.82) is 0 Å². The van der Waals surface area contributed by atoms with Gasteiger partial charge in [-0.3, -0.25) is 4.79 Å². The zero-order valence-corrected chi connectivity index (χ0v) is 16.0. The van der Waals surface area contributed by atoms with Gasteiger partial charge in [-0.1, -0.05) is 36.4 Å². The van der Waals surface area contributed by atoms with Gasteiger partial charge in [-0.2, -0.15) is 13.2 Å². The van der Waals surface area contributed by atoms with Crippen molar-refractivity contribution in [2.75, 3.05) is 5.32 Å². The van der Waals surface area contributed by atoms with Gasteiger partial charge in [0.15, 0.2) is 0 Å². The molecule has 0 heterocycles. The van der Waals surface area contributed by atoms with E-state index >= 15 is 0 Å². The van der Waals surface area contributed by atoms with E-state index in [9.17, 15) is 18.0 Å². The quantitative estimate of drug-likeness (QED) is 0.598. The minimum absolute atomic E-state index is 0.0771. The third-order valence-electron chi connectivity index (χ3n) is 3.77. The van der Waals surface area contributed by atoms with Crippen LogP contribution in [0.5, 0.6) is 0 Å². The van der Waals surface area contributed by atoms with Crippen LogP contribution in [0.2, 0.25) is 0 Å². The average molecular weight is 410 g/mol. The number of halogens is 4. The molecular weight excluding hydrogens is 391 g/mol. The van der Waals surface area contributed by atoms with E-state index in [2.05, 4.69) is 22.2 Å². The minimum atomic E-state index is -4.51. The molecule has 2 aromatic rings. The van der Waals surface area contributed by atoms with E-state index in [1.165, 1.54) is 12.1 Å². The number of nitrogens with zero attached hydrogens (tertiary/aromatic N) is 1. The third kappa shape index (κ3) is 6.13. The van der Waals surface area contributed by atoms with Gasteiger partial charge in [0.2, 0.25) is 0 Å². The Morgan fingerprint density at radius 2 is 1.86 bits per heavy atom. The molecule has 0 fully saturated rings. The topological polar surface area (TPSA) is 53.5 Å². The van der Waals surface area contributed by atoms with E-state index in [-0.39, 0.29) is 11.6 Å². The molecule has 1 unspecified atom stereocenters. The van der Waals surface area contributed by atoms with Gasteiger partial charge < -0.3 is 10.6 Å². The van der Waals surface area contributed by atoms with Crippen LogP contribution < -0.4 is 10.6 Å². The van der Waals surface area contributed by atoms with Crippen molar-refractivity contribution in [3.8, 4) is 0 Å². The number of rotatable bonds is 6. The van der Waals surface area contributed by atoms with Crippen molar-refractivity contribution in [2.24, 2.45) is 4.99 Å². The number of benzene rings is 2. The van der Waals surface area contributed by atoms with Crippen molar-refractivity contribution in [1.82, 2.24) is 5.32 Å². The largest absolute Gasteiger partial charge is 0.416 e. The van der Waals surface area contributed by atoms with Crippen molar-refractivity contribution < 1.29 is 18.0 Å². The molecule has 0 aliphatic carbocycles. The van der Waals surface area contributed by atoms with Crippen LogP contribution in [0.15, 0.2) is 65.9 Å². The summed E-state index contributed by atoms with van der Waals surface area (Å²) in [6.45, 7) is 7.26. The Morgan fingerprint density at radius 3 is 2.50 bits per heavy atom. The summed E-state index contributed by atoms with van der Waals surface area (Å²) in [6.07, 6.45) is -4.51. The van der Waals surface area contributed by atoms with Gasteiger partial charge in [-0.25, -0.2) is 4.99 Å². The first-order valence-corrected chi connectivity index (χ1v) is 8.69. The van der Waals surface area contributed by atoms with Crippen LogP contribution in [-0.2, 0) is 6.18 Å². The van der Waals surface area contributed by atoms with Crippen LogP contribution >= 0.6 is 11.6 Å². The predicted octanol–water partition coefficient (Wildman–Crippen LogP) is 5.74. The Hall–Kier alpha value is -2.80. The van der Waals surface area contributed by atoms with Crippen molar-refractivity contribution >= 4 is 28.4 Å². The number of nitrogens with one attached hydrogen (secondary N) is 2. The molecule has 0 aliphatic heterocycles. The van der Waals surface area contributed by atoms with E-state index in [1.54, 1.807) is 25.1 Å². The first kappa shape index (κ1) is 21.5. The van der Waals surface area contributed by atoms with E-state index in [0.29, 0.717) is 16.7 Å². The normalized spacial score (nSPS) is 13.0. The molecular formula is C20H19ClF3N3O. The number of aliphatic imine (C=N–C) groups is 1. The molecule has 0 bridgehead atoms. The van der Waals surface area contributed by atoms with Crippen molar-refractivity contribution in [2.45, 2.75) is 26.1 Å². The average Bonchev–Trinajstić information content (AvgIpc) is 2.60. The lowest BCUT2D eigenvalue weighted by atomic mass is 10.1. The maximum absolute atomic E-state index is 12.8. The summed E-state index contributed by atoms with van der Waals surface area (Å²) in [6, 6.07) is 11.0. The number of carbonyl (C=O) groups excluding carboxylic acids is 1. The van der Waals surface area contributed by atoms with E-state index in [4.69, 9.17) is 11.6 Å². The minimum Gasteiger partial charge on any atom is -0.364 e. The summed E-state index contributed by atoms with van der Waals surface area (Å²) in [4.78, 5) is 16.3. The predicted molar refractivity (Wildman–Crippen MR) is 105 cm³/mol. The first-order chi connectivity index (χ1) is 13.1. The lowest BCUT2D eigenvalue weighted by molar-refractivity contribution is -0.137. The van der Waals surface area contributed by atoms with Crippen molar-refractivity contribution in [3.63, 3.8) is 0 Å². The lowest BCUT2D eigenvalue weighted by Gasteiger charge is -2.16. The van der Waals surface area contributed by atoms with Gasteiger partial charge >= 0.3 is 6.18 Å². The highest BCUT2D eigenvalue weighted by Gasteiger charge is 2.30. The van der Waals surface area contributed by atoms with Gasteiger partial charge in [-0.05, 0) is 49.7 Å². The smallest absolute Gasteiger partial charge is 0.364 e. The molecule has 148 valence electrons. The first-order valence-electron chi connectivity index (χ1n) is 8.31. The Morgan fingerprint density at radius 1 is 1.18 bits per heavy atom. The molecule has 4 nitrogen and oxygen atoms in total. The Balaban J connectivity index is 2.13. The molecule has 2 rings (SSSR count). The summed E-state index contributed by atoms with van der Waals surface area (Å²) in [7, 11) is 0. The van der Waals surface area contributed by atoms with Crippen LogP contribution in [0, 0.1) is 0 Å². The fraction of sp³-hybridized carbons (Fsp3) is 0.200. The lowest BCUT2D eigenvalue weighted by Crippen LogP contribution is -2.17. The maximum Gasteiger partial charge on any atom is 0.416 e. The second-order valence-electron chi connectivity index (χ2n) is 6.08. The highest BCUT2D eigenvalue weighted by atomic mass is 35.5. The SMILES string of the molecule is C=C(/N=C(\C)Cl)NC(C)c1cccc(NC(=O)c2cccc(C(F)(F)F)c2)c1. The van der Waals surface area contributed by atoms with Crippen molar-refractivity contribution in [3.05, 3.63) is 77.6 Å². The fourth-order valence-corrected chi connectivity index (χ4v) is 2.58. The standard InChI is InChI=1S/C20H19ClF3N3O/c1-12(25-14(3)26-13(2)21)15-6-5-9-18(11-15)27-19(28)16-7-4-8-17(10-16)20(22,23)24/h4-12,25H,3H2,1-2H3,(H,27,28)/b26-13+. The Labute approximate surface area is 166 Å². The number of amides is 1. The van der Waals surface area contributed by atoms with E-state index in [1.807, 2.05) is 13.0 Å². The number of hydrogen-bond acceptors (Lipinski definition) is 3. The van der Waals surface area contributed by atoms with Gasteiger partial charge in [0.25, 0.3) is 5.91 Å². The highest BCUT2D eigenvalue weighted by molar-refractivity contribution is 6.64. The number of carbonyl (C=O) groups is 1. The molecule has 0 aliphatic rings.